The highest BCUT2D eigenvalue weighted by Gasteiger charge is 2.62. The minimum Gasteiger partial charge on any atom is -0.349 e. The van der Waals surface area contributed by atoms with Gasteiger partial charge < -0.3 is 9.47 Å². The highest BCUT2D eigenvalue weighted by Crippen LogP contribution is 2.58. The molecule has 0 aromatic heterocycles. The molecule has 1 saturated heterocycles. The third-order valence-electron chi connectivity index (χ3n) is 4.39. The van der Waals surface area contributed by atoms with Crippen molar-refractivity contribution in [2.75, 3.05) is 6.61 Å². The van der Waals surface area contributed by atoms with Crippen molar-refractivity contribution in [3.63, 3.8) is 0 Å². The number of alkyl halides is 3. The van der Waals surface area contributed by atoms with Crippen LogP contribution in [-0.2, 0) is 9.47 Å². The average Bonchev–Trinajstić information content (AvgIpc) is 2.79. The fraction of sp³-hybridized carbons (Fsp3) is 0.857. The van der Waals surface area contributed by atoms with Gasteiger partial charge in [-0.1, -0.05) is 6.92 Å². The predicted octanol–water partition coefficient (Wildman–Crippen LogP) is 3.65. The number of fused-ring (bicyclic) bond motifs is 1. The summed E-state index contributed by atoms with van der Waals surface area (Å²) in [6.07, 6.45) is 2.33. The Labute approximate surface area is 111 Å². The maximum Gasteiger partial charge on any atom is 0.414 e. The minimum atomic E-state index is -4.36. The van der Waals surface area contributed by atoms with E-state index in [9.17, 15) is 13.2 Å². The van der Waals surface area contributed by atoms with Crippen molar-refractivity contribution in [2.24, 2.45) is 5.41 Å². The zero-order valence-electron chi connectivity index (χ0n) is 11.1. The van der Waals surface area contributed by atoms with Gasteiger partial charge in [-0.2, -0.15) is 13.2 Å². The van der Waals surface area contributed by atoms with E-state index in [4.69, 9.17) is 15.9 Å². The lowest BCUT2D eigenvalue weighted by atomic mass is 9.77. The van der Waals surface area contributed by atoms with E-state index in [1.54, 1.807) is 0 Å². The van der Waals surface area contributed by atoms with Crippen LogP contribution in [0.5, 0.6) is 0 Å². The van der Waals surface area contributed by atoms with Gasteiger partial charge in [0.05, 0.1) is 6.61 Å². The van der Waals surface area contributed by atoms with E-state index in [2.05, 4.69) is 5.92 Å². The molecule has 0 spiro atoms. The van der Waals surface area contributed by atoms with Crippen LogP contribution in [0.4, 0.5) is 13.2 Å². The van der Waals surface area contributed by atoms with Gasteiger partial charge in [0.15, 0.2) is 11.9 Å². The molecule has 1 aliphatic carbocycles. The Kier molecular flexibility index (Phi) is 3.85. The van der Waals surface area contributed by atoms with Crippen LogP contribution in [0.1, 0.15) is 45.4 Å². The lowest BCUT2D eigenvalue weighted by Gasteiger charge is -2.40. The van der Waals surface area contributed by atoms with Gasteiger partial charge in [0, 0.05) is 18.3 Å². The number of halogens is 3. The zero-order valence-corrected chi connectivity index (χ0v) is 11.1. The van der Waals surface area contributed by atoms with E-state index in [-0.39, 0.29) is 6.42 Å². The molecule has 19 heavy (non-hydrogen) atoms. The molecule has 2 rings (SSSR count). The van der Waals surface area contributed by atoms with Crippen molar-refractivity contribution in [1.82, 2.24) is 0 Å². The lowest BCUT2D eigenvalue weighted by Crippen LogP contribution is -2.49. The first-order chi connectivity index (χ1) is 8.89. The third-order valence-corrected chi connectivity index (χ3v) is 4.39. The summed E-state index contributed by atoms with van der Waals surface area (Å²) in [7, 11) is 0. The first-order valence-electron chi connectivity index (χ1n) is 6.71. The van der Waals surface area contributed by atoms with E-state index in [0.29, 0.717) is 25.9 Å². The molecule has 2 fully saturated rings. The summed E-state index contributed by atoms with van der Waals surface area (Å²) in [6.45, 7) is 1.90. The van der Waals surface area contributed by atoms with Crippen LogP contribution >= 0.6 is 0 Å². The van der Waals surface area contributed by atoms with Gasteiger partial charge in [-0.05, 0) is 25.7 Å². The molecular formula is C14H19F3O2. The quantitative estimate of drug-likeness (QED) is 0.730. The Morgan fingerprint density at radius 3 is 2.68 bits per heavy atom. The number of terminal acetylenes is 1. The molecule has 2 nitrogen and oxygen atoms in total. The summed E-state index contributed by atoms with van der Waals surface area (Å²) in [5.74, 6) is 1.46. The van der Waals surface area contributed by atoms with Crippen LogP contribution < -0.4 is 0 Å². The molecule has 0 aromatic rings. The van der Waals surface area contributed by atoms with Crippen molar-refractivity contribution in [2.45, 2.75) is 63.5 Å². The van der Waals surface area contributed by atoms with Gasteiger partial charge in [0.1, 0.15) is 0 Å². The van der Waals surface area contributed by atoms with Crippen molar-refractivity contribution in [3.8, 4) is 12.3 Å². The summed E-state index contributed by atoms with van der Waals surface area (Å²) in [4.78, 5) is 0. The molecule has 3 atom stereocenters. The molecule has 0 bridgehead atoms. The van der Waals surface area contributed by atoms with E-state index in [1.165, 1.54) is 6.92 Å². The SMILES string of the molecule is C#CCC12CCCC1(OC(CC)C(F)(F)F)OCC2. The van der Waals surface area contributed by atoms with E-state index >= 15 is 0 Å². The fourth-order valence-corrected chi connectivity index (χ4v) is 3.40. The van der Waals surface area contributed by atoms with Gasteiger partial charge in [0.2, 0.25) is 0 Å². The lowest BCUT2D eigenvalue weighted by molar-refractivity contribution is -0.326. The Morgan fingerprint density at radius 1 is 1.37 bits per heavy atom. The molecule has 0 amide bonds. The Bertz CT molecular complexity index is 360. The van der Waals surface area contributed by atoms with Crippen molar-refractivity contribution < 1.29 is 22.6 Å². The second kappa shape index (κ2) is 4.99. The molecule has 5 heteroatoms. The van der Waals surface area contributed by atoms with Gasteiger partial charge in [-0.25, -0.2) is 0 Å². The van der Waals surface area contributed by atoms with Gasteiger partial charge in [0.25, 0.3) is 0 Å². The Balaban J connectivity index is 2.23. The highest BCUT2D eigenvalue weighted by molar-refractivity contribution is 5.09. The average molecular weight is 276 g/mol. The van der Waals surface area contributed by atoms with Gasteiger partial charge in [-0.3, -0.25) is 0 Å². The first kappa shape index (κ1) is 14.7. The van der Waals surface area contributed by atoms with Crippen LogP contribution in [0.15, 0.2) is 0 Å². The smallest absolute Gasteiger partial charge is 0.349 e. The van der Waals surface area contributed by atoms with Crippen molar-refractivity contribution in [1.29, 1.82) is 0 Å². The Morgan fingerprint density at radius 2 is 2.11 bits per heavy atom. The number of rotatable bonds is 4. The topological polar surface area (TPSA) is 18.5 Å². The molecule has 3 unspecified atom stereocenters. The summed E-state index contributed by atoms with van der Waals surface area (Å²) < 4.78 is 49.8. The molecular weight excluding hydrogens is 257 g/mol. The fourth-order valence-electron chi connectivity index (χ4n) is 3.40. The molecule has 0 N–H and O–H groups in total. The predicted molar refractivity (Wildman–Crippen MR) is 64.3 cm³/mol. The molecule has 1 saturated carbocycles. The molecule has 1 aliphatic heterocycles. The monoisotopic (exact) mass is 276 g/mol. The molecule has 108 valence electrons. The maximum atomic E-state index is 12.9. The van der Waals surface area contributed by atoms with E-state index < -0.39 is 23.5 Å². The summed E-state index contributed by atoms with van der Waals surface area (Å²) in [5, 5.41) is 0. The highest BCUT2D eigenvalue weighted by atomic mass is 19.4. The second-order valence-electron chi connectivity index (χ2n) is 5.42. The standard InChI is InChI=1S/C14H19F3O2/c1-3-6-12-7-5-8-13(12,18-10-9-12)19-11(4-2)14(15,16)17/h1,11H,4-10H2,2H3. The number of ether oxygens (including phenoxy) is 2. The van der Waals surface area contributed by atoms with Gasteiger partial charge >= 0.3 is 6.18 Å². The van der Waals surface area contributed by atoms with E-state index in [1.807, 2.05) is 0 Å². The third kappa shape index (κ3) is 2.36. The van der Waals surface area contributed by atoms with Crippen LogP contribution in [0.25, 0.3) is 0 Å². The van der Waals surface area contributed by atoms with Crippen molar-refractivity contribution in [3.05, 3.63) is 0 Å². The van der Waals surface area contributed by atoms with Gasteiger partial charge in [-0.15, -0.1) is 12.3 Å². The van der Waals surface area contributed by atoms with Crippen LogP contribution in [0, 0.1) is 17.8 Å². The minimum absolute atomic E-state index is 0.110. The van der Waals surface area contributed by atoms with Crippen LogP contribution in [0.3, 0.4) is 0 Å². The molecule has 0 radical (unpaired) electrons. The molecule has 1 heterocycles. The summed E-state index contributed by atoms with van der Waals surface area (Å²) in [6, 6.07) is 0. The second-order valence-corrected chi connectivity index (χ2v) is 5.42. The van der Waals surface area contributed by atoms with E-state index in [0.717, 1.165) is 12.8 Å². The van der Waals surface area contributed by atoms with Crippen molar-refractivity contribution >= 4 is 0 Å². The zero-order chi connectivity index (χ0) is 14.1. The van der Waals surface area contributed by atoms with Crippen LogP contribution in [0.2, 0.25) is 0 Å². The summed E-state index contributed by atoms with van der Waals surface area (Å²) >= 11 is 0. The first-order valence-corrected chi connectivity index (χ1v) is 6.71. The Hall–Kier alpha value is -0.730. The van der Waals surface area contributed by atoms with Crippen LogP contribution in [-0.4, -0.2) is 24.7 Å². The summed E-state index contributed by atoms with van der Waals surface area (Å²) in [5.41, 5.74) is -0.430. The maximum absolute atomic E-state index is 12.9. The molecule has 0 aromatic carbocycles. The number of hydrogen-bond acceptors (Lipinski definition) is 2. The molecule has 2 aliphatic rings. The number of hydrogen-bond donors (Lipinski definition) is 0. The largest absolute Gasteiger partial charge is 0.414 e. The normalized spacial score (nSPS) is 35.9.